The summed E-state index contributed by atoms with van der Waals surface area (Å²) in [5.74, 6) is 7.53. The van der Waals surface area contributed by atoms with Gasteiger partial charge in [0.2, 0.25) is 11.9 Å². The molecule has 1 unspecified atom stereocenters. The maximum absolute atomic E-state index is 13.7. The first-order valence-electron chi connectivity index (χ1n) is 20.0. The molecule has 15 nitrogen and oxygen atoms in total. The van der Waals surface area contributed by atoms with Gasteiger partial charge in [0.1, 0.15) is 11.6 Å². The second kappa shape index (κ2) is 20.0. The van der Waals surface area contributed by atoms with Crippen LogP contribution in [-0.2, 0) is 44.2 Å². The monoisotopic (exact) mass is 864 g/mol. The van der Waals surface area contributed by atoms with E-state index in [4.69, 9.17) is 15.5 Å². The number of carbonyl (C=O) groups is 2. The van der Waals surface area contributed by atoms with Crippen LogP contribution < -0.4 is 31.9 Å². The van der Waals surface area contributed by atoms with E-state index in [0.29, 0.717) is 42.5 Å². The van der Waals surface area contributed by atoms with E-state index in [-0.39, 0.29) is 47.9 Å². The highest BCUT2D eigenvalue weighted by Gasteiger charge is 2.31. The Kier molecular flexibility index (Phi) is 14.6. The Hall–Kier alpha value is -6.02. The van der Waals surface area contributed by atoms with Gasteiger partial charge in [0, 0.05) is 55.6 Å². The van der Waals surface area contributed by atoms with Crippen LogP contribution in [0.2, 0.25) is 0 Å². The van der Waals surface area contributed by atoms with Crippen molar-refractivity contribution in [1.82, 2.24) is 39.0 Å². The molecule has 2 aliphatic rings. The normalized spacial score (nSPS) is 16.0. The van der Waals surface area contributed by atoms with E-state index < -0.39 is 11.2 Å². The van der Waals surface area contributed by atoms with Gasteiger partial charge in [0.25, 0.3) is 10.8 Å². The number of piperidine rings is 1. The fraction of sp³-hybridized carbons (Fsp3) is 0.364. The molecular formula is C44H49ClN10O5S. The Morgan fingerprint density at radius 2 is 1.75 bits per heavy atom. The molecule has 2 saturated heterocycles. The van der Waals surface area contributed by atoms with Crippen LogP contribution in [0.5, 0.6) is 5.75 Å². The highest BCUT2D eigenvalue weighted by atomic mass is 35.5. The Morgan fingerprint density at radius 3 is 2.44 bits per heavy atom. The summed E-state index contributed by atoms with van der Waals surface area (Å²) in [6.07, 6.45) is 6.08. The molecule has 0 spiro atoms. The summed E-state index contributed by atoms with van der Waals surface area (Å²) in [6, 6.07) is 19.5. The number of para-hydroxylation sites is 1. The van der Waals surface area contributed by atoms with Crippen LogP contribution in [0.4, 0.5) is 10.7 Å². The minimum absolute atomic E-state index is 0. The molecule has 0 bridgehead atoms. The lowest BCUT2D eigenvalue weighted by molar-refractivity contribution is -0.118. The van der Waals surface area contributed by atoms with Crippen molar-refractivity contribution in [2.45, 2.75) is 77.3 Å². The summed E-state index contributed by atoms with van der Waals surface area (Å²) < 4.78 is 10.1. The van der Waals surface area contributed by atoms with E-state index in [2.05, 4.69) is 50.0 Å². The van der Waals surface area contributed by atoms with Crippen LogP contribution in [0.15, 0.2) is 76.4 Å². The summed E-state index contributed by atoms with van der Waals surface area (Å²) in [6.45, 7) is 7.98. The number of nitrogens with two attached hydrogens (primary N) is 1. The summed E-state index contributed by atoms with van der Waals surface area (Å²) in [5, 5.41) is 2.64. The Bertz CT molecular complexity index is 2720. The number of anilines is 1. The number of pyridine rings is 1. The number of carbonyl (C=O) groups excluding carboxylic acids is 2. The smallest absolute Gasteiger partial charge is 0.332 e. The van der Waals surface area contributed by atoms with Crippen LogP contribution in [-0.4, -0.2) is 75.8 Å². The zero-order chi connectivity index (χ0) is 42.3. The summed E-state index contributed by atoms with van der Waals surface area (Å²) in [5.41, 5.74) is 10.8. The van der Waals surface area contributed by atoms with E-state index >= 15 is 0 Å². The number of hydrogen-bond donors (Lipinski definition) is 2. The molecule has 0 saturated carbocycles. The quantitative estimate of drug-likeness (QED) is 0.171. The van der Waals surface area contributed by atoms with Gasteiger partial charge in [-0.1, -0.05) is 61.0 Å². The highest BCUT2D eigenvalue weighted by molar-refractivity contribution is 8.15. The molecule has 6 aromatic rings. The molecule has 17 heteroatoms. The van der Waals surface area contributed by atoms with Crippen molar-refractivity contribution < 1.29 is 14.3 Å². The lowest BCUT2D eigenvalue weighted by Gasteiger charge is -2.31. The third-order valence-corrected chi connectivity index (χ3v) is 11.5. The second-order valence-electron chi connectivity index (χ2n) is 14.8. The van der Waals surface area contributed by atoms with Gasteiger partial charge < -0.3 is 15.4 Å². The molecule has 8 rings (SSSR count). The van der Waals surface area contributed by atoms with Gasteiger partial charge in [-0.05, 0) is 74.9 Å². The highest BCUT2D eigenvalue weighted by Crippen LogP contribution is 2.25. The number of nitrogens with one attached hydrogen (secondary N) is 1. The number of fused-ring (bicyclic) bond motifs is 2. The lowest BCUT2D eigenvalue weighted by atomic mass is 10.1. The number of imide groups is 1. The van der Waals surface area contributed by atoms with E-state index in [1.807, 2.05) is 67.7 Å². The third-order valence-electron chi connectivity index (χ3n) is 10.5. The van der Waals surface area contributed by atoms with E-state index in [0.717, 1.165) is 77.6 Å². The molecule has 2 aliphatic heterocycles. The molecule has 4 aromatic heterocycles. The molecule has 6 heterocycles. The largest absolute Gasteiger partial charge is 0.493 e. The number of rotatable bonds is 11. The van der Waals surface area contributed by atoms with Crippen molar-refractivity contribution in [1.29, 1.82) is 0 Å². The Balaban J connectivity index is 0.000000212. The number of benzene rings is 2. The maximum atomic E-state index is 13.7. The first-order valence-corrected chi connectivity index (χ1v) is 20.9. The zero-order valence-electron chi connectivity index (χ0n) is 34.6. The van der Waals surface area contributed by atoms with Gasteiger partial charge in [-0.3, -0.25) is 38.4 Å². The molecule has 3 N–H and O–H groups in total. The SMILES string of the molecule is CC#CCn1c(N2CCC[C@@H](N)C2)nc2c1c(=O)n(Cc1nc(C)c3ccccc3n1)c(=O)n2C.CCc1ccc(CCOc2ccc(CC3SC(=O)NC3=O)cc2)nc1.Cl. The van der Waals surface area contributed by atoms with Crippen molar-refractivity contribution in [3.8, 4) is 17.6 Å². The van der Waals surface area contributed by atoms with Gasteiger partial charge >= 0.3 is 5.69 Å². The number of aryl methyl sites for hydroxylation is 3. The van der Waals surface area contributed by atoms with Crippen molar-refractivity contribution in [2.75, 3.05) is 24.6 Å². The number of amides is 2. The number of thioether (sulfide) groups is 1. The van der Waals surface area contributed by atoms with Gasteiger partial charge in [0.05, 0.1) is 30.5 Å². The average Bonchev–Trinajstić information content (AvgIpc) is 3.80. The molecule has 0 radical (unpaired) electrons. The van der Waals surface area contributed by atoms with Gasteiger partial charge in [0.15, 0.2) is 11.2 Å². The summed E-state index contributed by atoms with van der Waals surface area (Å²) in [4.78, 5) is 70.2. The summed E-state index contributed by atoms with van der Waals surface area (Å²) in [7, 11) is 1.63. The standard InChI is InChI=1S/C25H28N8O2.C19H20N2O3S.ClH/c1-4-5-13-32-21-22(29-24(32)31-12-8-9-17(26)14-31)30(3)25(35)33(23(21)34)15-20-27-16(2)18-10-6-7-11-19(18)28-20;1-2-13-3-6-15(20-12-13)9-10-24-16-7-4-14(5-8-16)11-17-18(22)21-19(23)25-17;/h6-7,10-11,17H,8-9,12-15,26H2,1-3H3;3-8,12,17H,2,9-11H2,1H3,(H,21,22,23);1H/t17-;;/m1../s1. The van der Waals surface area contributed by atoms with Gasteiger partial charge in [-0.15, -0.1) is 18.3 Å². The van der Waals surface area contributed by atoms with E-state index in [1.54, 1.807) is 18.5 Å². The predicted molar refractivity (Wildman–Crippen MR) is 241 cm³/mol. The summed E-state index contributed by atoms with van der Waals surface area (Å²) >= 11 is 1.05. The van der Waals surface area contributed by atoms with Crippen molar-refractivity contribution in [2.24, 2.45) is 12.8 Å². The molecule has 2 atom stereocenters. The molecule has 2 aromatic carbocycles. The van der Waals surface area contributed by atoms with Crippen LogP contribution >= 0.6 is 24.2 Å². The Labute approximate surface area is 363 Å². The van der Waals surface area contributed by atoms with Gasteiger partial charge in [-0.2, -0.15) is 4.98 Å². The van der Waals surface area contributed by atoms with Crippen LogP contribution in [0.3, 0.4) is 0 Å². The topological polar surface area (TPSA) is 185 Å². The van der Waals surface area contributed by atoms with Crippen molar-refractivity contribution >= 4 is 63.3 Å². The number of halogens is 1. The molecular weight excluding hydrogens is 816 g/mol. The predicted octanol–water partition coefficient (Wildman–Crippen LogP) is 4.73. The maximum Gasteiger partial charge on any atom is 0.332 e. The molecule has 61 heavy (non-hydrogen) atoms. The molecule has 0 aliphatic carbocycles. The number of aromatic nitrogens is 7. The van der Waals surface area contributed by atoms with Crippen molar-refractivity contribution in [3.63, 3.8) is 0 Å². The van der Waals surface area contributed by atoms with Crippen LogP contribution in [0, 0.1) is 18.8 Å². The fourth-order valence-corrected chi connectivity index (χ4v) is 8.16. The first kappa shape index (κ1) is 44.5. The molecule has 318 valence electrons. The zero-order valence-corrected chi connectivity index (χ0v) is 36.2. The molecule has 2 amide bonds. The average molecular weight is 865 g/mol. The van der Waals surface area contributed by atoms with E-state index in [9.17, 15) is 19.2 Å². The van der Waals surface area contributed by atoms with Crippen LogP contribution in [0.25, 0.3) is 22.1 Å². The van der Waals surface area contributed by atoms with Crippen LogP contribution in [0.1, 0.15) is 55.0 Å². The van der Waals surface area contributed by atoms with E-state index in [1.165, 1.54) is 14.7 Å². The number of ether oxygens (including phenoxy) is 1. The molecule has 2 fully saturated rings. The minimum Gasteiger partial charge on any atom is -0.493 e. The first-order chi connectivity index (χ1) is 29.0. The second-order valence-corrected chi connectivity index (χ2v) is 15.9. The number of nitrogens with zero attached hydrogens (tertiary/aromatic N) is 8. The Morgan fingerprint density at radius 1 is 0.984 bits per heavy atom. The number of imidazole rings is 1. The van der Waals surface area contributed by atoms with Gasteiger partial charge in [-0.25, -0.2) is 14.8 Å². The third kappa shape index (κ3) is 10.3. The number of hydrogen-bond acceptors (Lipinski definition) is 12. The van der Waals surface area contributed by atoms with Crippen molar-refractivity contribution in [3.05, 3.63) is 116 Å². The lowest BCUT2D eigenvalue weighted by Crippen LogP contribution is -2.44. The fourth-order valence-electron chi connectivity index (χ4n) is 7.30. The minimum atomic E-state index is -0.468.